The predicted octanol–water partition coefficient (Wildman–Crippen LogP) is 4.22. The van der Waals surface area contributed by atoms with Crippen molar-refractivity contribution in [2.45, 2.75) is 0 Å². The second-order valence-electron chi connectivity index (χ2n) is 5.15. The molecule has 0 spiro atoms. The van der Waals surface area contributed by atoms with Crippen molar-refractivity contribution in [3.8, 4) is 11.5 Å². The van der Waals surface area contributed by atoms with Gasteiger partial charge in [-0.25, -0.2) is 4.39 Å². The number of benzene rings is 3. The Hall–Kier alpha value is -3.34. The van der Waals surface area contributed by atoms with Crippen LogP contribution in [0.1, 0.15) is 10.4 Å². The van der Waals surface area contributed by atoms with Crippen LogP contribution in [0.5, 0.6) is 11.5 Å². The Bertz CT molecular complexity index is 861. The number of carbonyl (C=O) groups is 1. The van der Waals surface area contributed by atoms with Gasteiger partial charge in [-0.3, -0.25) is 9.69 Å². The highest BCUT2D eigenvalue weighted by molar-refractivity contribution is 6.11. The summed E-state index contributed by atoms with van der Waals surface area (Å²) < 4.78 is 13.2. The lowest BCUT2D eigenvalue weighted by Gasteiger charge is -2.24. The number of phenols is 2. The summed E-state index contributed by atoms with van der Waals surface area (Å²) in [7, 11) is 0. The van der Waals surface area contributed by atoms with E-state index in [0.717, 1.165) is 0 Å². The number of carbonyl (C=O) groups excluding carboxylic acids is 1. The number of amides is 1. The summed E-state index contributed by atoms with van der Waals surface area (Å²) in [6.45, 7) is 0. The van der Waals surface area contributed by atoms with Crippen LogP contribution in [-0.4, -0.2) is 16.1 Å². The molecule has 0 fully saturated rings. The molecule has 0 saturated carbocycles. The fraction of sp³-hybridized carbons (Fsp3) is 0. The van der Waals surface area contributed by atoms with Crippen LogP contribution >= 0.6 is 0 Å². The van der Waals surface area contributed by atoms with Crippen LogP contribution in [0.2, 0.25) is 0 Å². The normalized spacial score (nSPS) is 10.4. The highest BCUT2D eigenvalue weighted by atomic mass is 19.1. The number of nitrogens with zero attached hydrogens (tertiary/aromatic N) is 1. The quantitative estimate of drug-likeness (QED) is 0.759. The monoisotopic (exact) mass is 323 g/mol. The zero-order valence-electron chi connectivity index (χ0n) is 12.6. The average molecular weight is 323 g/mol. The molecule has 0 saturated heterocycles. The third-order valence-corrected chi connectivity index (χ3v) is 3.52. The van der Waals surface area contributed by atoms with Crippen LogP contribution in [0.25, 0.3) is 0 Å². The summed E-state index contributed by atoms with van der Waals surface area (Å²) in [6.07, 6.45) is 0. The Morgan fingerprint density at radius 2 is 1.46 bits per heavy atom. The number of para-hydroxylation sites is 2. The number of hydrogen-bond acceptors (Lipinski definition) is 3. The summed E-state index contributed by atoms with van der Waals surface area (Å²) in [5, 5.41) is 19.5. The molecule has 2 N–H and O–H groups in total. The van der Waals surface area contributed by atoms with Crippen LogP contribution in [0.15, 0.2) is 72.8 Å². The standard InChI is InChI=1S/C19H14FNO3/c20-14-7-9-15(10-8-14)21(17-3-1-2-4-18(17)23)19(24)13-5-11-16(22)12-6-13/h1-12,22-23H. The van der Waals surface area contributed by atoms with Gasteiger partial charge in [-0.1, -0.05) is 12.1 Å². The van der Waals surface area contributed by atoms with Crippen LogP contribution in [0, 0.1) is 5.82 Å². The second kappa shape index (κ2) is 6.42. The number of halogens is 1. The maximum absolute atomic E-state index is 13.2. The summed E-state index contributed by atoms with van der Waals surface area (Å²) in [5.74, 6) is -0.868. The van der Waals surface area contributed by atoms with Crippen LogP contribution in [0.3, 0.4) is 0 Å². The minimum absolute atomic E-state index is 0.0439. The molecule has 0 atom stereocenters. The Labute approximate surface area is 138 Å². The lowest BCUT2D eigenvalue weighted by molar-refractivity contribution is 0.0998. The number of aromatic hydroxyl groups is 2. The van der Waals surface area contributed by atoms with E-state index in [0.29, 0.717) is 11.3 Å². The molecule has 3 aromatic rings. The first-order chi connectivity index (χ1) is 11.6. The molecule has 120 valence electrons. The lowest BCUT2D eigenvalue weighted by Crippen LogP contribution is -2.26. The largest absolute Gasteiger partial charge is 0.508 e. The van der Waals surface area contributed by atoms with E-state index in [9.17, 15) is 19.4 Å². The Morgan fingerprint density at radius 1 is 0.833 bits per heavy atom. The van der Waals surface area contributed by atoms with Gasteiger partial charge >= 0.3 is 0 Å². The zero-order valence-corrected chi connectivity index (χ0v) is 12.6. The molecular weight excluding hydrogens is 309 g/mol. The van der Waals surface area contributed by atoms with E-state index in [1.54, 1.807) is 18.2 Å². The molecule has 3 aromatic carbocycles. The van der Waals surface area contributed by atoms with Crippen molar-refractivity contribution >= 4 is 17.3 Å². The van der Waals surface area contributed by atoms with Crippen molar-refractivity contribution < 1.29 is 19.4 Å². The van der Waals surface area contributed by atoms with Gasteiger partial charge in [0.1, 0.15) is 17.3 Å². The molecule has 3 rings (SSSR count). The number of anilines is 2. The molecule has 0 heterocycles. The van der Waals surface area contributed by atoms with Gasteiger partial charge in [-0.15, -0.1) is 0 Å². The van der Waals surface area contributed by atoms with Gasteiger partial charge in [-0.05, 0) is 60.7 Å². The first-order valence-electron chi connectivity index (χ1n) is 7.23. The van der Waals surface area contributed by atoms with E-state index in [4.69, 9.17) is 0 Å². The van der Waals surface area contributed by atoms with Gasteiger partial charge in [-0.2, -0.15) is 0 Å². The molecule has 0 aliphatic rings. The highest BCUT2D eigenvalue weighted by Crippen LogP contribution is 2.34. The van der Waals surface area contributed by atoms with Gasteiger partial charge in [0.05, 0.1) is 5.69 Å². The minimum Gasteiger partial charge on any atom is -0.508 e. The topological polar surface area (TPSA) is 60.8 Å². The van der Waals surface area contributed by atoms with E-state index >= 15 is 0 Å². The molecule has 0 aromatic heterocycles. The zero-order chi connectivity index (χ0) is 17.1. The number of hydrogen-bond donors (Lipinski definition) is 2. The summed E-state index contributed by atoms with van der Waals surface area (Å²) in [6, 6.07) is 17.6. The first-order valence-corrected chi connectivity index (χ1v) is 7.23. The Morgan fingerprint density at radius 3 is 2.08 bits per heavy atom. The van der Waals surface area contributed by atoms with Crippen molar-refractivity contribution in [1.82, 2.24) is 0 Å². The fourth-order valence-corrected chi connectivity index (χ4v) is 2.34. The average Bonchev–Trinajstić information content (AvgIpc) is 2.59. The molecular formula is C19H14FNO3. The number of phenolic OH excluding ortho intramolecular Hbond substituents is 2. The smallest absolute Gasteiger partial charge is 0.262 e. The van der Waals surface area contributed by atoms with Crippen LogP contribution in [0.4, 0.5) is 15.8 Å². The van der Waals surface area contributed by atoms with E-state index in [-0.39, 0.29) is 17.2 Å². The van der Waals surface area contributed by atoms with Gasteiger partial charge in [0, 0.05) is 11.3 Å². The molecule has 5 heteroatoms. The molecule has 0 bridgehead atoms. The lowest BCUT2D eigenvalue weighted by atomic mass is 10.1. The molecule has 1 amide bonds. The van der Waals surface area contributed by atoms with Gasteiger partial charge in [0.2, 0.25) is 0 Å². The molecule has 4 nitrogen and oxygen atoms in total. The summed E-state index contributed by atoms with van der Waals surface area (Å²) in [5.41, 5.74) is 1.01. The molecule has 0 aliphatic carbocycles. The summed E-state index contributed by atoms with van der Waals surface area (Å²) in [4.78, 5) is 14.2. The Kier molecular flexibility index (Phi) is 4.16. The SMILES string of the molecule is O=C(c1ccc(O)cc1)N(c1ccc(F)cc1)c1ccccc1O. The Balaban J connectivity index is 2.11. The minimum atomic E-state index is -0.423. The van der Waals surface area contributed by atoms with Crippen LogP contribution < -0.4 is 4.90 Å². The fourth-order valence-electron chi connectivity index (χ4n) is 2.34. The first kappa shape index (κ1) is 15.6. The summed E-state index contributed by atoms with van der Waals surface area (Å²) >= 11 is 0. The van der Waals surface area contributed by atoms with E-state index < -0.39 is 11.7 Å². The van der Waals surface area contributed by atoms with E-state index in [2.05, 4.69) is 0 Å². The van der Waals surface area contributed by atoms with Gasteiger partial charge in [0.15, 0.2) is 0 Å². The number of rotatable bonds is 3. The van der Waals surface area contributed by atoms with Gasteiger partial charge < -0.3 is 10.2 Å². The third-order valence-electron chi connectivity index (χ3n) is 3.52. The molecule has 0 radical (unpaired) electrons. The third kappa shape index (κ3) is 3.05. The van der Waals surface area contributed by atoms with Crippen molar-refractivity contribution in [2.75, 3.05) is 4.90 Å². The van der Waals surface area contributed by atoms with Crippen LogP contribution in [-0.2, 0) is 0 Å². The van der Waals surface area contributed by atoms with E-state index in [1.807, 2.05) is 0 Å². The molecule has 0 aliphatic heterocycles. The molecule has 0 unspecified atom stereocenters. The predicted molar refractivity (Wildman–Crippen MR) is 89.1 cm³/mol. The van der Waals surface area contributed by atoms with Crippen molar-refractivity contribution in [1.29, 1.82) is 0 Å². The second-order valence-corrected chi connectivity index (χ2v) is 5.15. The highest BCUT2D eigenvalue weighted by Gasteiger charge is 2.22. The molecule has 24 heavy (non-hydrogen) atoms. The van der Waals surface area contributed by atoms with Gasteiger partial charge in [0.25, 0.3) is 5.91 Å². The van der Waals surface area contributed by atoms with Crippen molar-refractivity contribution in [3.63, 3.8) is 0 Å². The van der Waals surface area contributed by atoms with E-state index in [1.165, 1.54) is 59.5 Å². The van der Waals surface area contributed by atoms with Crippen molar-refractivity contribution in [3.05, 3.63) is 84.2 Å². The maximum Gasteiger partial charge on any atom is 0.262 e. The van der Waals surface area contributed by atoms with Crippen molar-refractivity contribution in [2.24, 2.45) is 0 Å². The maximum atomic E-state index is 13.2.